The number of amides is 1. The molecule has 34 heavy (non-hydrogen) atoms. The summed E-state index contributed by atoms with van der Waals surface area (Å²) in [6.45, 7) is -0.351. The van der Waals surface area contributed by atoms with Gasteiger partial charge in [-0.25, -0.2) is 0 Å². The largest absolute Gasteiger partial charge is 0.481 e. The number of nitrogens with zero attached hydrogens (tertiary/aromatic N) is 4. The second kappa shape index (κ2) is 12.5. The highest BCUT2D eigenvalue weighted by atomic mass is 35.5. The minimum atomic E-state index is -1.22. The van der Waals surface area contributed by atoms with E-state index in [-0.39, 0.29) is 18.8 Å². The monoisotopic (exact) mass is 521 g/mol. The van der Waals surface area contributed by atoms with E-state index in [4.69, 9.17) is 23.2 Å². The van der Waals surface area contributed by atoms with Gasteiger partial charge in [0, 0.05) is 22.2 Å². The topological polar surface area (TPSA) is 127 Å². The summed E-state index contributed by atoms with van der Waals surface area (Å²) >= 11 is 13.3. The molecule has 0 spiro atoms. The van der Waals surface area contributed by atoms with Crippen LogP contribution in [0.3, 0.4) is 0 Å². The van der Waals surface area contributed by atoms with Crippen molar-refractivity contribution in [2.24, 2.45) is 0 Å². The van der Waals surface area contributed by atoms with Gasteiger partial charge in [0.15, 0.2) is 11.6 Å². The molecule has 2 aromatic carbocycles. The summed E-state index contributed by atoms with van der Waals surface area (Å²) < 4.78 is 0. The fraction of sp³-hybridized carbons (Fsp3) is 0.273. The Hall–Kier alpha value is -2.95. The zero-order chi connectivity index (χ0) is 24.5. The number of rotatable bonds is 11. The number of carboxylic acid groups (broad SMARTS) is 1. The van der Waals surface area contributed by atoms with E-state index >= 15 is 0 Å². The van der Waals surface area contributed by atoms with Gasteiger partial charge in [-0.15, -0.1) is 10.2 Å². The molecule has 1 heterocycles. The summed E-state index contributed by atoms with van der Waals surface area (Å²) in [5, 5.41) is 24.0. The third kappa shape index (κ3) is 7.82. The number of thioether (sulfide) groups is 1. The van der Waals surface area contributed by atoms with Gasteiger partial charge < -0.3 is 10.4 Å². The van der Waals surface area contributed by atoms with Crippen LogP contribution in [0.15, 0.2) is 48.5 Å². The fourth-order valence-corrected chi connectivity index (χ4v) is 4.31. The lowest BCUT2D eigenvalue weighted by atomic mass is 10.1. The lowest BCUT2D eigenvalue weighted by Gasteiger charge is -2.15. The lowest BCUT2D eigenvalue weighted by Crippen LogP contribution is -2.42. The first-order valence-corrected chi connectivity index (χ1v) is 12.0. The van der Waals surface area contributed by atoms with Crippen LogP contribution < -0.4 is 5.32 Å². The Labute approximate surface area is 209 Å². The average molecular weight is 522 g/mol. The van der Waals surface area contributed by atoms with Crippen molar-refractivity contribution in [3.05, 3.63) is 75.5 Å². The first kappa shape index (κ1) is 25.7. The van der Waals surface area contributed by atoms with Crippen molar-refractivity contribution < 1.29 is 19.5 Å². The van der Waals surface area contributed by atoms with Gasteiger partial charge in [-0.1, -0.05) is 71.4 Å². The van der Waals surface area contributed by atoms with Gasteiger partial charge in [-0.2, -0.15) is 4.80 Å². The van der Waals surface area contributed by atoms with E-state index in [0.29, 0.717) is 27.8 Å². The van der Waals surface area contributed by atoms with Crippen molar-refractivity contribution in [1.82, 2.24) is 25.5 Å². The first-order valence-electron chi connectivity index (χ1n) is 10.2. The highest BCUT2D eigenvalue weighted by Crippen LogP contribution is 2.25. The van der Waals surface area contributed by atoms with Gasteiger partial charge in [-0.3, -0.25) is 14.4 Å². The number of carboxylic acids is 1. The number of hydrogen-bond acceptors (Lipinski definition) is 7. The molecule has 0 radical (unpaired) electrons. The van der Waals surface area contributed by atoms with Crippen LogP contribution >= 0.6 is 35.0 Å². The van der Waals surface area contributed by atoms with Gasteiger partial charge in [0.1, 0.15) is 12.6 Å². The van der Waals surface area contributed by atoms with Crippen LogP contribution in [0.4, 0.5) is 4.79 Å². The molecule has 0 fully saturated rings. The second-order valence-electron chi connectivity index (χ2n) is 7.25. The number of carbonyl (C=O) groups is 3. The third-order valence-corrected chi connectivity index (χ3v) is 6.21. The van der Waals surface area contributed by atoms with Gasteiger partial charge in [0.2, 0.25) is 0 Å². The number of benzene rings is 2. The summed E-state index contributed by atoms with van der Waals surface area (Å²) in [5.74, 6) is -0.992. The highest BCUT2D eigenvalue weighted by molar-refractivity contribution is 8.13. The van der Waals surface area contributed by atoms with E-state index < -0.39 is 29.5 Å². The third-order valence-electron chi connectivity index (χ3n) is 4.71. The van der Waals surface area contributed by atoms with Crippen molar-refractivity contribution in [3.63, 3.8) is 0 Å². The Kier molecular flexibility index (Phi) is 9.43. The Bertz CT molecular complexity index is 1140. The molecule has 178 valence electrons. The molecule has 0 aliphatic heterocycles. The number of aromatic nitrogens is 4. The molecule has 3 aromatic rings. The number of tetrazole rings is 1. The highest BCUT2D eigenvalue weighted by Gasteiger charge is 2.25. The van der Waals surface area contributed by atoms with Crippen molar-refractivity contribution in [1.29, 1.82) is 0 Å². The standard InChI is InChI=1S/C22H21Cl2N5O4S/c23-16-7-4-8-17(24)15(16)11-20-26-28-29(27-20)13-19(30)18(12-21(31)32)25-22(33)34-10-9-14-5-2-1-3-6-14/h1-8,18H,9-13H2,(H,25,33)(H,31,32). The quantitative estimate of drug-likeness (QED) is 0.391. The van der Waals surface area contributed by atoms with Crippen molar-refractivity contribution in [2.75, 3.05) is 5.75 Å². The molecular formula is C22H21Cl2N5O4S. The van der Waals surface area contributed by atoms with Crippen LogP contribution in [0.2, 0.25) is 10.0 Å². The van der Waals surface area contributed by atoms with E-state index in [2.05, 4.69) is 20.7 Å². The summed E-state index contributed by atoms with van der Waals surface area (Å²) in [6.07, 6.45) is 0.318. The molecule has 9 nitrogen and oxygen atoms in total. The Morgan fingerprint density at radius 2 is 1.76 bits per heavy atom. The van der Waals surface area contributed by atoms with Crippen molar-refractivity contribution in [3.8, 4) is 0 Å². The molecule has 1 amide bonds. The van der Waals surface area contributed by atoms with Crippen LogP contribution in [0.5, 0.6) is 0 Å². The maximum atomic E-state index is 12.7. The van der Waals surface area contributed by atoms with Crippen LogP contribution in [-0.2, 0) is 29.0 Å². The second-order valence-corrected chi connectivity index (χ2v) is 9.13. The Balaban J connectivity index is 1.56. The average Bonchev–Trinajstić information content (AvgIpc) is 3.23. The van der Waals surface area contributed by atoms with E-state index in [1.807, 2.05) is 30.3 Å². The molecule has 3 rings (SSSR count). The molecule has 2 N–H and O–H groups in total. The lowest BCUT2D eigenvalue weighted by molar-refractivity contribution is -0.139. The van der Waals surface area contributed by atoms with Crippen molar-refractivity contribution in [2.45, 2.75) is 31.8 Å². The normalized spacial score (nSPS) is 11.7. The molecule has 0 aliphatic rings. The number of carbonyl (C=O) groups excluding carboxylic acids is 2. The van der Waals surface area contributed by atoms with E-state index in [9.17, 15) is 19.5 Å². The van der Waals surface area contributed by atoms with Crippen LogP contribution in [0.25, 0.3) is 0 Å². The Morgan fingerprint density at radius 1 is 1.06 bits per heavy atom. The molecule has 0 saturated heterocycles. The van der Waals surface area contributed by atoms with E-state index in [1.54, 1.807) is 18.2 Å². The minimum Gasteiger partial charge on any atom is -0.481 e. The summed E-state index contributed by atoms with van der Waals surface area (Å²) in [4.78, 5) is 37.3. The number of ketones is 1. The van der Waals surface area contributed by atoms with Crippen LogP contribution in [0, 0.1) is 0 Å². The number of hydrogen-bond donors (Lipinski definition) is 2. The molecule has 0 aliphatic carbocycles. The van der Waals surface area contributed by atoms with Crippen LogP contribution in [-0.4, -0.2) is 54.1 Å². The summed E-state index contributed by atoms with van der Waals surface area (Å²) in [6, 6.07) is 13.5. The summed E-state index contributed by atoms with van der Waals surface area (Å²) in [7, 11) is 0. The molecular weight excluding hydrogens is 501 g/mol. The fourth-order valence-electron chi connectivity index (χ4n) is 3.03. The van der Waals surface area contributed by atoms with Gasteiger partial charge in [0.05, 0.1) is 6.42 Å². The number of Topliss-reactive ketones (excluding diaryl/α,β-unsaturated/α-hetero) is 1. The van der Waals surface area contributed by atoms with E-state index in [1.165, 1.54) is 0 Å². The van der Waals surface area contributed by atoms with E-state index in [0.717, 1.165) is 22.1 Å². The predicted octanol–water partition coefficient (Wildman–Crippen LogP) is 3.67. The number of halogens is 2. The number of aliphatic carboxylic acids is 1. The zero-order valence-corrected chi connectivity index (χ0v) is 20.2. The minimum absolute atomic E-state index is 0.208. The molecule has 1 atom stereocenters. The van der Waals surface area contributed by atoms with Gasteiger partial charge in [0.25, 0.3) is 5.24 Å². The molecule has 0 saturated carbocycles. The predicted molar refractivity (Wildman–Crippen MR) is 129 cm³/mol. The zero-order valence-electron chi connectivity index (χ0n) is 17.9. The molecule has 1 aromatic heterocycles. The molecule has 12 heteroatoms. The number of aryl methyl sites for hydroxylation is 1. The maximum Gasteiger partial charge on any atom is 0.305 e. The smallest absolute Gasteiger partial charge is 0.305 e. The first-order chi connectivity index (χ1) is 16.3. The number of nitrogens with one attached hydrogen (secondary N) is 1. The molecule has 1 unspecified atom stereocenters. The SMILES string of the molecule is O=C(O)CC(NC(=O)SCCc1ccccc1)C(=O)Cn1nnc(Cc2c(Cl)cccc2Cl)n1. The van der Waals surface area contributed by atoms with Crippen molar-refractivity contribution >= 4 is 52.0 Å². The maximum absolute atomic E-state index is 12.7. The van der Waals surface area contributed by atoms with Gasteiger partial charge >= 0.3 is 5.97 Å². The molecule has 0 bridgehead atoms. The Morgan fingerprint density at radius 3 is 2.44 bits per heavy atom. The van der Waals surface area contributed by atoms with Crippen LogP contribution in [0.1, 0.15) is 23.4 Å². The summed E-state index contributed by atoms with van der Waals surface area (Å²) in [5.41, 5.74) is 1.70. The van der Waals surface area contributed by atoms with Gasteiger partial charge in [-0.05, 0) is 34.9 Å².